The van der Waals surface area contributed by atoms with Gasteiger partial charge in [0.25, 0.3) is 0 Å². The number of ether oxygens (including phenoxy) is 1. The molecule has 0 radical (unpaired) electrons. The van der Waals surface area contributed by atoms with Crippen molar-refractivity contribution in [1.82, 2.24) is 15.5 Å². The lowest BCUT2D eigenvalue weighted by Crippen LogP contribution is -2.59. The number of para-hydroxylation sites is 1. The first-order valence-electron chi connectivity index (χ1n) is 13.6. The first-order valence-corrected chi connectivity index (χ1v) is 13.6. The molecule has 0 aromatic heterocycles. The van der Waals surface area contributed by atoms with Gasteiger partial charge in [-0.1, -0.05) is 51.8 Å². The van der Waals surface area contributed by atoms with Crippen LogP contribution < -0.4 is 16.0 Å². The van der Waals surface area contributed by atoms with Crippen LogP contribution in [-0.2, 0) is 24.5 Å². The molecule has 3 N–H and O–H groups in total. The Morgan fingerprint density at radius 3 is 2.41 bits per heavy atom. The van der Waals surface area contributed by atoms with E-state index in [1.807, 2.05) is 45.0 Å². The molecule has 2 fully saturated rings. The fraction of sp³-hybridized carbons (Fsp3) is 0.621. The average Bonchev–Trinajstić information content (AvgIpc) is 3.49. The molecule has 4 rings (SSSR count). The van der Waals surface area contributed by atoms with Gasteiger partial charge in [-0.2, -0.15) is 5.26 Å². The lowest BCUT2D eigenvalue weighted by atomic mass is 9.80. The number of nitrogens with one attached hydrogen (secondary N) is 3. The smallest absolute Gasteiger partial charge is 0.408 e. The first-order chi connectivity index (χ1) is 18.1. The third kappa shape index (κ3) is 6.02. The summed E-state index contributed by atoms with van der Waals surface area (Å²) in [7, 11) is 0. The van der Waals surface area contributed by atoms with Gasteiger partial charge in [0, 0.05) is 18.7 Å². The van der Waals surface area contributed by atoms with E-state index in [1.54, 1.807) is 20.8 Å². The van der Waals surface area contributed by atoms with Crippen LogP contribution in [-0.4, -0.2) is 59.0 Å². The summed E-state index contributed by atoms with van der Waals surface area (Å²) in [6.45, 7) is 10.7. The molecule has 39 heavy (non-hydrogen) atoms. The van der Waals surface area contributed by atoms with Gasteiger partial charge in [0.15, 0.2) is 0 Å². The van der Waals surface area contributed by atoms with Gasteiger partial charge in [0.1, 0.15) is 23.7 Å². The highest BCUT2D eigenvalue weighted by Gasteiger charge is 2.56. The van der Waals surface area contributed by atoms with Crippen LogP contribution in [0.2, 0.25) is 0 Å². The maximum Gasteiger partial charge on any atom is 0.408 e. The van der Waals surface area contributed by atoms with E-state index >= 15 is 0 Å². The zero-order valence-electron chi connectivity index (χ0n) is 23.6. The summed E-state index contributed by atoms with van der Waals surface area (Å²) in [6, 6.07) is 6.88. The molecule has 4 atom stereocenters. The quantitative estimate of drug-likeness (QED) is 0.509. The summed E-state index contributed by atoms with van der Waals surface area (Å²) in [5.41, 5.74) is -0.948. The highest BCUT2D eigenvalue weighted by molar-refractivity contribution is 6.07. The molecule has 1 aliphatic carbocycles. The van der Waals surface area contributed by atoms with Crippen LogP contribution in [0.25, 0.3) is 0 Å². The highest BCUT2D eigenvalue weighted by atomic mass is 16.6. The SMILES string of the molecule is CC(C)(C)OC(=O)N[C@H](C(=O)N[C@@H](CC1CC1)C(=O)N1C[C@]2(C[C@H]1C#N)C(=O)Nc1ccccc12)C(C)(C)C. The van der Waals surface area contributed by atoms with Crippen molar-refractivity contribution in [1.29, 1.82) is 5.26 Å². The number of nitriles is 1. The number of benzene rings is 1. The number of amides is 4. The zero-order valence-corrected chi connectivity index (χ0v) is 23.6. The lowest BCUT2D eigenvalue weighted by molar-refractivity contribution is -0.138. The number of alkyl carbamates (subject to hydrolysis) is 1. The number of nitrogens with zero attached hydrogens (tertiary/aromatic N) is 2. The Labute approximate surface area is 229 Å². The minimum Gasteiger partial charge on any atom is -0.444 e. The van der Waals surface area contributed by atoms with Crippen molar-refractivity contribution in [3.05, 3.63) is 29.8 Å². The van der Waals surface area contributed by atoms with E-state index in [0.717, 1.165) is 18.4 Å². The topological polar surface area (TPSA) is 141 Å². The van der Waals surface area contributed by atoms with Crippen molar-refractivity contribution < 1.29 is 23.9 Å². The number of anilines is 1. The molecule has 210 valence electrons. The Balaban J connectivity index is 1.56. The second-order valence-corrected chi connectivity index (χ2v) is 13.1. The molecule has 2 aliphatic heterocycles. The van der Waals surface area contributed by atoms with Gasteiger partial charge in [-0.05, 0) is 50.2 Å². The molecule has 4 amide bonds. The largest absolute Gasteiger partial charge is 0.444 e. The van der Waals surface area contributed by atoms with E-state index in [0.29, 0.717) is 18.0 Å². The molecular weight excluding hydrogens is 498 g/mol. The fourth-order valence-electron chi connectivity index (χ4n) is 5.45. The highest BCUT2D eigenvalue weighted by Crippen LogP contribution is 2.46. The zero-order chi connectivity index (χ0) is 28.8. The third-order valence-corrected chi connectivity index (χ3v) is 7.59. The molecule has 1 aromatic rings. The third-order valence-electron chi connectivity index (χ3n) is 7.59. The summed E-state index contributed by atoms with van der Waals surface area (Å²) in [4.78, 5) is 54.6. The predicted molar refractivity (Wildman–Crippen MR) is 144 cm³/mol. The second kappa shape index (κ2) is 10.2. The Morgan fingerprint density at radius 2 is 1.82 bits per heavy atom. The molecular formula is C29H39N5O5. The molecule has 1 saturated carbocycles. The standard InChI is InChI=1S/C29H39N5O5/c1-27(2,3)22(33-26(38)39-28(4,5)6)23(35)31-21(13-17-11-12-17)24(36)34-16-29(14-18(34)15-30)19-9-7-8-10-20(19)32-25(29)37/h7-10,17-18,21-22H,11-14,16H2,1-6H3,(H,31,35)(H,32,37)(H,33,38)/t18-,21-,22+,29-/m0/s1. The van der Waals surface area contributed by atoms with Crippen LogP contribution in [0, 0.1) is 22.7 Å². The molecule has 10 heteroatoms. The maximum absolute atomic E-state index is 14.0. The average molecular weight is 538 g/mol. The Bertz CT molecular complexity index is 1210. The monoisotopic (exact) mass is 537 g/mol. The van der Waals surface area contributed by atoms with Gasteiger partial charge < -0.3 is 25.6 Å². The normalized spacial score (nSPS) is 23.9. The summed E-state index contributed by atoms with van der Waals surface area (Å²) in [5, 5.41) is 18.4. The van der Waals surface area contributed by atoms with Crippen molar-refractivity contribution in [3.63, 3.8) is 0 Å². The van der Waals surface area contributed by atoms with Gasteiger partial charge in [-0.3, -0.25) is 14.4 Å². The molecule has 1 saturated heterocycles. The number of hydrogen-bond donors (Lipinski definition) is 3. The number of fused-ring (bicyclic) bond motifs is 2. The molecule has 3 aliphatic rings. The Hall–Kier alpha value is -3.61. The summed E-state index contributed by atoms with van der Waals surface area (Å²) in [6.07, 6.45) is 1.81. The van der Waals surface area contributed by atoms with E-state index in [-0.39, 0.29) is 24.8 Å². The Morgan fingerprint density at radius 1 is 1.15 bits per heavy atom. The lowest BCUT2D eigenvalue weighted by Gasteiger charge is -2.33. The minimum atomic E-state index is -1.01. The second-order valence-electron chi connectivity index (χ2n) is 13.1. The van der Waals surface area contributed by atoms with Crippen LogP contribution in [0.5, 0.6) is 0 Å². The number of carbonyl (C=O) groups is 4. The number of likely N-dealkylation sites (tertiary alicyclic amines) is 1. The van der Waals surface area contributed by atoms with E-state index in [2.05, 4.69) is 22.0 Å². The van der Waals surface area contributed by atoms with Gasteiger partial charge >= 0.3 is 6.09 Å². The maximum atomic E-state index is 14.0. The van der Waals surface area contributed by atoms with Crippen LogP contribution in [0.3, 0.4) is 0 Å². The van der Waals surface area contributed by atoms with Crippen LogP contribution in [0.4, 0.5) is 10.5 Å². The minimum absolute atomic E-state index is 0.0583. The number of hydrogen-bond acceptors (Lipinski definition) is 6. The molecule has 10 nitrogen and oxygen atoms in total. The summed E-state index contributed by atoms with van der Waals surface area (Å²) < 4.78 is 5.36. The molecule has 1 aromatic carbocycles. The van der Waals surface area contributed by atoms with Gasteiger partial charge in [-0.25, -0.2) is 4.79 Å². The van der Waals surface area contributed by atoms with E-state index < -0.39 is 46.6 Å². The Kier molecular flexibility index (Phi) is 7.41. The van der Waals surface area contributed by atoms with Crippen molar-refractivity contribution in [2.75, 3.05) is 11.9 Å². The summed E-state index contributed by atoms with van der Waals surface area (Å²) in [5.74, 6) is -0.824. The predicted octanol–water partition coefficient (Wildman–Crippen LogP) is 3.23. The van der Waals surface area contributed by atoms with Gasteiger partial charge in [-0.15, -0.1) is 0 Å². The van der Waals surface area contributed by atoms with Crippen LogP contribution >= 0.6 is 0 Å². The van der Waals surface area contributed by atoms with Crippen molar-refractivity contribution in [3.8, 4) is 6.07 Å². The molecule has 2 heterocycles. The van der Waals surface area contributed by atoms with Gasteiger partial charge in [0.05, 0.1) is 11.5 Å². The van der Waals surface area contributed by atoms with E-state index in [1.165, 1.54) is 4.90 Å². The van der Waals surface area contributed by atoms with Gasteiger partial charge in [0.2, 0.25) is 17.7 Å². The van der Waals surface area contributed by atoms with Crippen molar-refractivity contribution >= 4 is 29.5 Å². The van der Waals surface area contributed by atoms with Crippen LogP contribution in [0.1, 0.15) is 72.8 Å². The molecule has 0 bridgehead atoms. The van der Waals surface area contributed by atoms with Crippen molar-refractivity contribution in [2.45, 2.75) is 96.4 Å². The molecule has 1 spiro atoms. The number of carbonyl (C=O) groups excluding carboxylic acids is 4. The first kappa shape index (κ1) is 28.4. The van der Waals surface area contributed by atoms with E-state index in [4.69, 9.17) is 4.74 Å². The van der Waals surface area contributed by atoms with E-state index in [9.17, 15) is 24.4 Å². The fourth-order valence-corrected chi connectivity index (χ4v) is 5.45. The number of rotatable bonds is 6. The summed E-state index contributed by atoms with van der Waals surface area (Å²) >= 11 is 0. The van der Waals surface area contributed by atoms with Crippen molar-refractivity contribution in [2.24, 2.45) is 11.3 Å². The van der Waals surface area contributed by atoms with Crippen LogP contribution in [0.15, 0.2) is 24.3 Å². The molecule has 0 unspecified atom stereocenters.